The van der Waals surface area contributed by atoms with Crippen LogP contribution in [-0.2, 0) is 10.0 Å². The number of methoxy groups -OCH3 is 1. The molecule has 0 unspecified atom stereocenters. The third kappa shape index (κ3) is 4.95. The van der Waals surface area contributed by atoms with Crippen LogP contribution in [0.5, 0.6) is 17.2 Å². The Balaban J connectivity index is 1.59. The molecule has 8 nitrogen and oxygen atoms in total. The number of ether oxygens (including phenoxy) is 3. The van der Waals surface area contributed by atoms with E-state index in [-0.39, 0.29) is 27.3 Å². The summed E-state index contributed by atoms with van der Waals surface area (Å²) in [6.07, 6.45) is 4.31. The molecule has 0 bridgehead atoms. The topological polar surface area (TPSA) is 103 Å². The minimum Gasteiger partial charge on any atom is -0.495 e. The quantitative estimate of drug-likeness (QED) is 0.648. The van der Waals surface area contributed by atoms with Crippen LogP contribution in [0, 0.1) is 0 Å². The van der Waals surface area contributed by atoms with Gasteiger partial charge in [-0.3, -0.25) is 4.79 Å². The maximum atomic E-state index is 13.0. The second-order valence-electron chi connectivity index (χ2n) is 7.75. The molecule has 1 saturated carbocycles. The van der Waals surface area contributed by atoms with Crippen molar-refractivity contribution >= 4 is 33.2 Å². The van der Waals surface area contributed by atoms with E-state index in [2.05, 4.69) is 10.0 Å². The van der Waals surface area contributed by atoms with Gasteiger partial charge in [-0.25, -0.2) is 13.1 Å². The SMILES string of the molecule is COc1ccc(C(=O)Nc2cc3c(cc2Cl)OCCCO3)cc1S(=O)(=O)NC1CCCC1. The Kier molecular flexibility index (Phi) is 6.78. The van der Waals surface area contributed by atoms with E-state index in [1.54, 1.807) is 12.1 Å². The first-order valence-corrected chi connectivity index (χ1v) is 12.3. The molecule has 2 aromatic rings. The molecule has 0 saturated heterocycles. The molecular weight excluding hydrogens is 456 g/mol. The van der Waals surface area contributed by atoms with E-state index in [1.807, 2.05) is 0 Å². The molecular formula is C22H25ClN2O6S. The van der Waals surface area contributed by atoms with Gasteiger partial charge in [0.1, 0.15) is 10.6 Å². The number of anilines is 1. The number of halogens is 1. The van der Waals surface area contributed by atoms with Crippen LogP contribution < -0.4 is 24.2 Å². The molecule has 172 valence electrons. The highest BCUT2D eigenvalue weighted by Crippen LogP contribution is 2.38. The number of hydrogen-bond acceptors (Lipinski definition) is 6. The van der Waals surface area contributed by atoms with Crippen LogP contribution in [0.1, 0.15) is 42.5 Å². The summed E-state index contributed by atoms with van der Waals surface area (Å²) >= 11 is 6.32. The molecule has 1 heterocycles. The number of carbonyl (C=O) groups is 1. The van der Waals surface area contributed by atoms with Crippen LogP contribution in [0.15, 0.2) is 35.2 Å². The predicted molar refractivity (Wildman–Crippen MR) is 121 cm³/mol. The Morgan fingerprint density at radius 1 is 1.06 bits per heavy atom. The van der Waals surface area contributed by atoms with Gasteiger partial charge in [0.2, 0.25) is 10.0 Å². The molecule has 2 aromatic carbocycles. The third-order valence-corrected chi connectivity index (χ3v) is 7.33. The fraction of sp³-hybridized carbons (Fsp3) is 0.409. The molecule has 10 heteroatoms. The van der Waals surface area contributed by atoms with Gasteiger partial charge < -0.3 is 19.5 Å². The average molecular weight is 481 g/mol. The third-order valence-electron chi connectivity index (χ3n) is 5.48. The zero-order chi connectivity index (χ0) is 22.7. The summed E-state index contributed by atoms with van der Waals surface area (Å²) in [5.74, 6) is 0.657. The summed E-state index contributed by atoms with van der Waals surface area (Å²) in [5, 5.41) is 3.01. The lowest BCUT2D eigenvalue weighted by atomic mass is 10.2. The fourth-order valence-electron chi connectivity index (χ4n) is 3.83. The Morgan fingerprint density at radius 2 is 1.75 bits per heavy atom. The minimum atomic E-state index is -3.86. The first-order valence-electron chi connectivity index (χ1n) is 10.5. The van der Waals surface area contributed by atoms with Gasteiger partial charge in [0, 0.05) is 30.2 Å². The number of hydrogen-bond donors (Lipinski definition) is 2. The largest absolute Gasteiger partial charge is 0.495 e. The standard InChI is InChI=1S/C22H25ClN2O6S/c1-29-18-8-7-14(11-21(18)32(27,28)25-15-5-2-3-6-15)22(26)24-17-13-20-19(12-16(17)23)30-9-4-10-31-20/h7-8,11-13,15,25H,2-6,9-10H2,1H3,(H,24,26). The number of fused-ring (bicyclic) bond motifs is 1. The van der Waals surface area contributed by atoms with Crippen molar-refractivity contribution in [2.45, 2.75) is 43.0 Å². The zero-order valence-electron chi connectivity index (χ0n) is 17.6. The molecule has 1 aliphatic carbocycles. The molecule has 0 aromatic heterocycles. The van der Waals surface area contributed by atoms with Crippen molar-refractivity contribution < 1.29 is 27.4 Å². The number of nitrogens with one attached hydrogen (secondary N) is 2. The number of amides is 1. The molecule has 4 rings (SSSR count). The van der Waals surface area contributed by atoms with E-state index in [9.17, 15) is 13.2 Å². The lowest BCUT2D eigenvalue weighted by Crippen LogP contribution is -2.33. The van der Waals surface area contributed by atoms with Crippen molar-refractivity contribution in [3.8, 4) is 17.2 Å². The van der Waals surface area contributed by atoms with E-state index >= 15 is 0 Å². The van der Waals surface area contributed by atoms with Gasteiger partial charge in [-0.1, -0.05) is 24.4 Å². The van der Waals surface area contributed by atoms with Crippen LogP contribution in [-0.4, -0.2) is 40.7 Å². The second-order valence-corrected chi connectivity index (χ2v) is 9.84. The van der Waals surface area contributed by atoms with E-state index in [1.165, 1.54) is 25.3 Å². The Bertz CT molecular complexity index is 1120. The molecule has 2 N–H and O–H groups in total. The summed E-state index contributed by atoms with van der Waals surface area (Å²) < 4.78 is 45.2. The highest BCUT2D eigenvalue weighted by atomic mass is 35.5. The molecule has 1 aliphatic heterocycles. The number of carbonyl (C=O) groups excluding carboxylic acids is 1. The lowest BCUT2D eigenvalue weighted by Gasteiger charge is -2.16. The van der Waals surface area contributed by atoms with Crippen molar-refractivity contribution in [1.82, 2.24) is 4.72 Å². The minimum absolute atomic E-state index is 0.0793. The maximum absolute atomic E-state index is 13.0. The van der Waals surface area contributed by atoms with Gasteiger partial charge in [0.25, 0.3) is 5.91 Å². The van der Waals surface area contributed by atoms with Crippen molar-refractivity contribution in [2.75, 3.05) is 25.6 Å². The summed E-state index contributed by atoms with van der Waals surface area (Å²) in [7, 11) is -2.47. The van der Waals surface area contributed by atoms with E-state index in [0.29, 0.717) is 30.4 Å². The van der Waals surface area contributed by atoms with Gasteiger partial charge in [0.05, 0.1) is 31.0 Å². The van der Waals surface area contributed by atoms with Crippen LogP contribution in [0.25, 0.3) is 0 Å². The van der Waals surface area contributed by atoms with E-state index in [4.69, 9.17) is 25.8 Å². The molecule has 0 atom stereocenters. The Morgan fingerprint density at radius 3 is 2.44 bits per heavy atom. The second kappa shape index (κ2) is 9.56. The van der Waals surface area contributed by atoms with Gasteiger partial charge in [-0.2, -0.15) is 0 Å². The smallest absolute Gasteiger partial charge is 0.255 e. The number of rotatable bonds is 6. The van der Waals surface area contributed by atoms with Gasteiger partial charge >= 0.3 is 0 Å². The fourth-order valence-corrected chi connectivity index (χ4v) is 5.53. The van der Waals surface area contributed by atoms with E-state index < -0.39 is 15.9 Å². The zero-order valence-corrected chi connectivity index (χ0v) is 19.2. The van der Waals surface area contributed by atoms with Gasteiger partial charge in [-0.15, -0.1) is 0 Å². The molecule has 0 spiro atoms. The van der Waals surface area contributed by atoms with Crippen LogP contribution in [0.3, 0.4) is 0 Å². The predicted octanol–water partition coefficient (Wildman–Crippen LogP) is 3.98. The van der Waals surface area contributed by atoms with Crippen LogP contribution in [0.4, 0.5) is 5.69 Å². The molecule has 32 heavy (non-hydrogen) atoms. The normalized spacial score (nSPS) is 16.4. The summed E-state index contributed by atoms with van der Waals surface area (Å²) in [6, 6.07) is 7.36. The monoisotopic (exact) mass is 480 g/mol. The Hall–Kier alpha value is -2.49. The van der Waals surface area contributed by atoms with E-state index in [0.717, 1.165) is 32.1 Å². The van der Waals surface area contributed by atoms with Crippen molar-refractivity contribution in [3.63, 3.8) is 0 Å². The van der Waals surface area contributed by atoms with Crippen LogP contribution in [0.2, 0.25) is 5.02 Å². The molecule has 1 amide bonds. The van der Waals surface area contributed by atoms with Gasteiger partial charge in [0.15, 0.2) is 11.5 Å². The first-order chi connectivity index (χ1) is 15.4. The summed E-state index contributed by atoms with van der Waals surface area (Å²) in [5.41, 5.74) is 0.492. The van der Waals surface area contributed by atoms with Crippen LogP contribution >= 0.6 is 11.6 Å². The number of sulfonamides is 1. The highest BCUT2D eigenvalue weighted by Gasteiger charge is 2.27. The molecule has 1 fully saturated rings. The first kappa shape index (κ1) is 22.7. The summed E-state index contributed by atoms with van der Waals surface area (Å²) in [4.78, 5) is 12.8. The Labute approximate surface area is 192 Å². The lowest BCUT2D eigenvalue weighted by molar-refractivity contribution is 0.102. The molecule has 0 radical (unpaired) electrons. The average Bonchev–Trinajstić information content (AvgIpc) is 3.17. The van der Waals surface area contributed by atoms with Crippen molar-refractivity contribution in [3.05, 3.63) is 40.9 Å². The van der Waals surface area contributed by atoms with Crippen molar-refractivity contribution in [2.24, 2.45) is 0 Å². The number of benzene rings is 2. The molecule has 2 aliphatic rings. The van der Waals surface area contributed by atoms with Crippen molar-refractivity contribution in [1.29, 1.82) is 0 Å². The maximum Gasteiger partial charge on any atom is 0.255 e. The highest BCUT2D eigenvalue weighted by molar-refractivity contribution is 7.89. The summed E-state index contributed by atoms with van der Waals surface area (Å²) in [6.45, 7) is 1.02. The van der Waals surface area contributed by atoms with Gasteiger partial charge in [-0.05, 0) is 31.0 Å².